The van der Waals surface area contributed by atoms with Gasteiger partial charge < -0.3 is 20.1 Å². The van der Waals surface area contributed by atoms with Crippen LogP contribution in [0.5, 0.6) is 11.5 Å². The normalized spacial score (nSPS) is 10.5. The molecule has 0 aliphatic heterocycles. The van der Waals surface area contributed by atoms with Crippen LogP contribution >= 0.6 is 23.2 Å². The van der Waals surface area contributed by atoms with Crippen molar-refractivity contribution in [2.75, 3.05) is 24.4 Å². The van der Waals surface area contributed by atoms with Crippen LogP contribution in [0.25, 0.3) is 0 Å². The highest BCUT2D eigenvalue weighted by Crippen LogP contribution is 2.27. The third-order valence-electron chi connectivity index (χ3n) is 4.32. The molecule has 9 nitrogen and oxygen atoms in total. The maximum atomic E-state index is 12.1. The van der Waals surface area contributed by atoms with Crippen molar-refractivity contribution < 1.29 is 23.9 Å². The van der Waals surface area contributed by atoms with E-state index in [1.54, 1.807) is 60.7 Å². The van der Waals surface area contributed by atoms with Gasteiger partial charge in [-0.15, -0.1) is 0 Å². The van der Waals surface area contributed by atoms with Gasteiger partial charge in [-0.25, -0.2) is 5.43 Å². The largest absolute Gasteiger partial charge is 0.493 e. The molecule has 3 aromatic rings. The first-order valence-corrected chi connectivity index (χ1v) is 10.9. The lowest BCUT2D eigenvalue weighted by molar-refractivity contribution is -0.136. The predicted octanol–water partition coefficient (Wildman–Crippen LogP) is 4.11. The number of nitrogens with zero attached hydrogens (tertiary/aromatic N) is 1. The molecule has 3 rings (SSSR count). The standard InChI is InChI=1S/C24H20Cl2N4O5/c1-34-21-10-15(13-27-30-24(33)23(32)29-19-7-3-5-17(26)12-19)8-9-20(21)35-14-22(31)28-18-6-2-4-16(25)11-18/h2-13H,14H2,1H3,(H,28,31)(H,29,32)(H,30,33)/b27-13-. The van der Waals surface area contributed by atoms with E-state index in [0.29, 0.717) is 38.5 Å². The number of rotatable bonds is 8. The Bertz CT molecular complexity index is 1270. The monoisotopic (exact) mass is 514 g/mol. The summed E-state index contributed by atoms with van der Waals surface area (Å²) in [5.74, 6) is -1.57. The van der Waals surface area contributed by atoms with Crippen molar-refractivity contribution in [2.24, 2.45) is 5.10 Å². The Kier molecular flexibility index (Phi) is 9.05. The van der Waals surface area contributed by atoms with Crippen LogP contribution in [0.1, 0.15) is 5.56 Å². The molecule has 0 spiro atoms. The van der Waals surface area contributed by atoms with Crippen LogP contribution in [0.15, 0.2) is 71.8 Å². The van der Waals surface area contributed by atoms with Crippen LogP contribution in [0.2, 0.25) is 10.0 Å². The lowest BCUT2D eigenvalue weighted by Gasteiger charge is -2.11. The molecule has 3 N–H and O–H groups in total. The van der Waals surface area contributed by atoms with Crippen LogP contribution in [0.3, 0.4) is 0 Å². The number of hydrazone groups is 1. The maximum absolute atomic E-state index is 12.1. The summed E-state index contributed by atoms with van der Waals surface area (Å²) in [7, 11) is 1.44. The zero-order chi connectivity index (χ0) is 25.2. The zero-order valence-corrected chi connectivity index (χ0v) is 19.9. The summed E-state index contributed by atoms with van der Waals surface area (Å²) in [5, 5.41) is 9.78. The molecule has 0 unspecified atom stereocenters. The lowest BCUT2D eigenvalue weighted by Crippen LogP contribution is -2.32. The van der Waals surface area contributed by atoms with Gasteiger partial charge in [0.05, 0.1) is 13.3 Å². The Morgan fingerprint density at radius 2 is 1.51 bits per heavy atom. The third-order valence-corrected chi connectivity index (χ3v) is 4.79. The molecule has 0 bridgehead atoms. The highest BCUT2D eigenvalue weighted by atomic mass is 35.5. The highest BCUT2D eigenvalue weighted by molar-refractivity contribution is 6.39. The molecule has 0 aromatic heterocycles. The molecule has 180 valence electrons. The number of anilines is 2. The Morgan fingerprint density at radius 1 is 0.857 bits per heavy atom. The minimum Gasteiger partial charge on any atom is -0.493 e. The third kappa shape index (κ3) is 8.02. The van der Waals surface area contributed by atoms with Gasteiger partial charge in [-0.05, 0) is 60.2 Å². The molecular formula is C24H20Cl2N4O5. The molecule has 0 fully saturated rings. The first-order chi connectivity index (χ1) is 16.8. The van der Waals surface area contributed by atoms with E-state index < -0.39 is 11.8 Å². The smallest absolute Gasteiger partial charge is 0.329 e. The van der Waals surface area contributed by atoms with E-state index >= 15 is 0 Å². The fraction of sp³-hybridized carbons (Fsp3) is 0.0833. The summed E-state index contributed by atoms with van der Waals surface area (Å²) in [6, 6.07) is 17.9. The summed E-state index contributed by atoms with van der Waals surface area (Å²) in [6.45, 7) is -0.256. The molecule has 11 heteroatoms. The van der Waals surface area contributed by atoms with Crippen LogP contribution in [-0.4, -0.2) is 37.7 Å². The predicted molar refractivity (Wildman–Crippen MR) is 134 cm³/mol. The van der Waals surface area contributed by atoms with Gasteiger partial charge in [0.25, 0.3) is 5.91 Å². The van der Waals surface area contributed by atoms with Gasteiger partial charge in [0.1, 0.15) is 0 Å². The molecule has 0 aliphatic rings. The average molecular weight is 515 g/mol. The Balaban J connectivity index is 1.52. The maximum Gasteiger partial charge on any atom is 0.329 e. The molecule has 0 atom stereocenters. The van der Waals surface area contributed by atoms with Crippen molar-refractivity contribution >= 4 is 58.5 Å². The topological polar surface area (TPSA) is 118 Å². The first kappa shape index (κ1) is 25.5. The van der Waals surface area contributed by atoms with Crippen LogP contribution in [0, 0.1) is 0 Å². The number of ether oxygens (including phenoxy) is 2. The molecule has 35 heavy (non-hydrogen) atoms. The number of carbonyl (C=O) groups excluding carboxylic acids is 3. The van der Waals surface area contributed by atoms with Crippen molar-refractivity contribution in [1.29, 1.82) is 0 Å². The average Bonchev–Trinajstić information content (AvgIpc) is 2.83. The SMILES string of the molecule is COc1cc(/C=N\NC(=O)C(=O)Nc2cccc(Cl)c2)ccc1OCC(=O)Nc1cccc(Cl)c1. The van der Waals surface area contributed by atoms with Crippen molar-refractivity contribution in [1.82, 2.24) is 5.43 Å². The van der Waals surface area contributed by atoms with Gasteiger partial charge in [0.15, 0.2) is 18.1 Å². The second-order valence-corrected chi connectivity index (χ2v) is 7.79. The summed E-state index contributed by atoms with van der Waals surface area (Å²) in [5.41, 5.74) is 3.61. The van der Waals surface area contributed by atoms with Gasteiger partial charge >= 0.3 is 11.8 Å². The van der Waals surface area contributed by atoms with Gasteiger partial charge in [-0.1, -0.05) is 35.3 Å². The summed E-state index contributed by atoms with van der Waals surface area (Å²) in [4.78, 5) is 36.0. The van der Waals surface area contributed by atoms with Crippen molar-refractivity contribution in [3.8, 4) is 11.5 Å². The zero-order valence-electron chi connectivity index (χ0n) is 18.4. The summed E-state index contributed by atoms with van der Waals surface area (Å²) in [6.07, 6.45) is 1.32. The number of nitrogens with one attached hydrogen (secondary N) is 3. The minimum atomic E-state index is -0.959. The fourth-order valence-electron chi connectivity index (χ4n) is 2.76. The summed E-state index contributed by atoms with van der Waals surface area (Å²) < 4.78 is 10.8. The van der Waals surface area contributed by atoms with Gasteiger partial charge in [-0.3, -0.25) is 14.4 Å². The quantitative estimate of drug-likeness (QED) is 0.237. The summed E-state index contributed by atoms with van der Waals surface area (Å²) >= 11 is 11.8. The fourth-order valence-corrected chi connectivity index (χ4v) is 3.14. The molecule has 0 aliphatic carbocycles. The van der Waals surface area contributed by atoms with Gasteiger partial charge in [-0.2, -0.15) is 5.10 Å². The van der Waals surface area contributed by atoms with E-state index in [1.165, 1.54) is 19.4 Å². The van der Waals surface area contributed by atoms with E-state index in [-0.39, 0.29) is 12.5 Å². The molecule has 0 radical (unpaired) electrons. The van der Waals surface area contributed by atoms with Gasteiger partial charge in [0, 0.05) is 21.4 Å². The number of benzene rings is 3. The molecule has 0 saturated carbocycles. The Labute approximate surface area is 211 Å². The number of hydrogen-bond acceptors (Lipinski definition) is 6. The second kappa shape index (κ2) is 12.4. The number of carbonyl (C=O) groups is 3. The number of hydrogen-bond donors (Lipinski definition) is 3. The Morgan fingerprint density at radius 3 is 2.14 bits per heavy atom. The first-order valence-electron chi connectivity index (χ1n) is 10.1. The molecular weight excluding hydrogens is 495 g/mol. The number of halogens is 2. The lowest BCUT2D eigenvalue weighted by atomic mass is 10.2. The van der Waals surface area contributed by atoms with E-state index in [1.807, 2.05) is 0 Å². The molecule has 0 saturated heterocycles. The molecule has 3 aromatic carbocycles. The second-order valence-electron chi connectivity index (χ2n) is 6.92. The molecule has 0 heterocycles. The van der Waals surface area contributed by atoms with Crippen molar-refractivity contribution in [3.05, 3.63) is 82.3 Å². The van der Waals surface area contributed by atoms with Crippen LogP contribution in [0.4, 0.5) is 11.4 Å². The van der Waals surface area contributed by atoms with Crippen molar-refractivity contribution in [3.63, 3.8) is 0 Å². The van der Waals surface area contributed by atoms with E-state index in [0.717, 1.165) is 0 Å². The van der Waals surface area contributed by atoms with Crippen LogP contribution < -0.4 is 25.5 Å². The van der Waals surface area contributed by atoms with Crippen LogP contribution in [-0.2, 0) is 14.4 Å². The number of amides is 3. The number of methoxy groups -OCH3 is 1. The van der Waals surface area contributed by atoms with E-state index in [4.69, 9.17) is 32.7 Å². The molecule has 3 amide bonds. The van der Waals surface area contributed by atoms with E-state index in [9.17, 15) is 14.4 Å². The Hall–Kier alpha value is -4.08. The van der Waals surface area contributed by atoms with Crippen molar-refractivity contribution in [2.45, 2.75) is 0 Å². The highest BCUT2D eigenvalue weighted by Gasteiger charge is 2.13. The van der Waals surface area contributed by atoms with E-state index in [2.05, 4.69) is 21.2 Å². The van der Waals surface area contributed by atoms with Gasteiger partial charge in [0.2, 0.25) is 0 Å². The minimum absolute atomic E-state index is 0.256.